The van der Waals surface area contributed by atoms with Crippen molar-refractivity contribution in [2.24, 2.45) is 0 Å². The van der Waals surface area contributed by atoms with Gasteiger partial charge in [-0.2, -0.15) is 5.10 Å². The Morgan fingerprint density at radius 2 is 2.33 bits per heavy atom. The fourth-order valence-electron chi connectivity index (χ4n) is 1.73. The predicted molar refractivity (Wildman–Crippen MR) is 68.8 cm³/mol. The molecule has 0 saturated heterocycles. The van der Waals surface area contributed by atoms with Gasteiger partial charge >= 0.3 is 0 Å². The summed E-state index contributed by atoms with van der Waals surface area (Å²) in [6.07, 6.45) is 5.55. The summed E-state index contributed by atoms with van der Waals surface area (Å²) in [5.41, 5.74) is 2.13. The Balaban J connectivity index is 1.87. The number of pyridine rings is 1. The maximum atomic E-state index is 8.81. The molecular weight excluding hydrogens is 228 g/mol. The number of nitrogens with one attached hydrogen (secondary N) is 1. The maximum Gasteiger partial charge on any atom is 0.0640 e. The van der Waals surface area contributed by atoms with Gasteiger partial charge in [0.15, 0.2) is 0 Å². The van der Waals surface area contributed by atoms with Crippen molar-refractivity contribution < 1.29 is 5.11 Å². The molecule has 0 fully saturated rings. The quantitative estimate of drug-likeness (QED) is 0.802. The van der Waals surface area contributed by atoms with E-state index in [-0.39, 0.29) is 12.6 Å². The van der Waals surface area contributed by atoms with E-state index in [2.05, 4.69) is 22.3 Å². The number of hydrogen-bond acceptors (Lipinski definition) is 4. The summed E-state index contributed by atoms with van der Waals surface area (Å²) in [7, 11) is 0. The van der Waals surface area contributed by atoms with Gasteiger partial charge in [-0.1, -0.05) is 6.07 Å². The Labute approximate surface area is 106 Å². The molecule has 0 amide bonds. The molecular formula is C13H18N4O. The number of aliphatic hydroxyl groups is 1. The van der Waals surface area contributed by atoms with E-state index in [1.54, 1.807) is 10.9 Å². The Bertz CT molecular complexity index is 469. The molecule has 2 rings (SSSR count). The largest absolute Gasteiger partial charge is 0.394 e. The zero-order valence-electron chi connectivity index (χ0n) is 10.5. The van der Waals surface area contributed by atoms with Crippen molar-refractivity contribution in [3.8, 4) is 0 Å². The fraction of sp³-hybridized carbons (Fsp3) is 0.385. The first-order valence-corrected chi connectivity index (χ1v) is 6.06. The summed E-state index contributed by atoms with van der Waals surface area (Å²) in [6.45, 7) is 3.47. The molecule has 0 spiro atoms. The van der Waals surface area contributed by atoms with Crippen LogP contribution in [0.25, 0.3) is 0 Å². The molecule has 0 radical (unpaired) electrons. The van der Waals surface area contributed by atoms with Gasteiger partial charge in [0.25, 0.3) is 0 Å². The van der Waals surface area contributed by atoms with Gasteiger partial charge in [0.1, 0.15) is 0 Å². The molecule has 0 aliphatic carbocycles. The van der Waals surface area contributed by atoms with Crippen LogP contribution in [0, 0.1) is 0 Å². The van der Waals surface area contributed by atoms with Crippen molar-refractivity contribution in [2.75, 3.05) is 6.61 Å². The van der Waals surface area contributed by atoms with E-state index in [4.69, 9.17) is 5.11 Å². The summed E-state index contributed by atoms with van der Waals surface area (Å²) in [5.74, 6) is 0. The van der Waals surface area contributed by atoms with E-state index in [0.717, 1.165) is 17.8 Å². The van der Waals surface area contributed by atoms with E-state index in [1.807, 2.05) is 30.6 Å². The van der Waals surface area contributed by atoms with Crippen LogP contribution in [0.5, 0.6) is 0 Å². The minimum Gasteiger partial charge on any atom is -0.394 e. The third-order valence-electron chi connectivity index (χ3n) is 2.76. The van der Waals surface area contributed by atoms with Gasteiger partial charge in [0.2, 0.25) is 0 Å². The molecule has 18 heavy (non-hydrogen) atoms. The number of aromatic nitrogens is 3. The molecule has 2 aromatic heterocycles. The Morgan fingerprint density at radius 1 is 1.44 bits per heavy atom. The fourth-order valence-corrected chi connectivity index (χ4v) is 1.73. The molecule has 2 aromatic rings. The van der Waals surface area contributed by atoms with Crippen LogP contribution in [0.1, 0.15) is 24.2 Å². The van der Waals surface area contributed by atoms with E-state index < -0.39 is 0 Å². The van der Waals surface area contributed by atoms with Crippen LogP contribution in [0.4, 0.5) is 0 Å². The third kappa shape index (κ3) is 3.38. The van der Waals surface area contributed by atoms with Crippen LogP contribution in [-0.4, -0.2) is 26.5 Å². The highest BCUT2D eigenvalue weighted by molar-refractivity contribution is 5.09. The van der Waals surface area contributed by atoms with Crippen molar-refractivity contribution in [3.63, 3.8) is 0 Å². The molecule has 1 unspecified atom stereocenters. The molecule has 0 aliphatic rings. The molecule has 0 saturated carbocycles. The number of hydrogen-bond donors (Lipinski definition) is 2. The Kier molecular flexibility index (Phi) is 4.44. The first-order valence-electron chi connectivity index (χ1n) is 6.06. The highest BCUT2D eigenvalue weighted by atomic mass is 16.3. The summed E-state index contributed by atoms with van der Waals surface area (Å²) < 4.78 is 1.74. The van der Waals surface area contributed by atoms with Crippen LogP contribution in [0.3, 0.4) is 0 Å². The maximum absolute atomic E-state index is 8.81. The molecule has 2 heterocycles. The smallest absolute Gasteiger partial charge is 0.0640 e. The van der Waals surface area contributed by atoms with Gasteiger partial charge in [-0.05, 0) is 19.1 Å². The van der Waals surface area contributed by atoms with Gasteiger partial charge in [0.05, 0.1) is 25.0 Å². The van der Waals surface area contributed by atoms with E-state index >= 15 is 0 Å². The second-order valence-corrected chi connectivity index (χ2v) is 4.19. The van der Waals surface area contributed by atoms with Crippen LogP contribution in [0.15, 0.2) is 36.8 Å². The SMILES string of the molecule is CC(NCc1cnn(CCO)c1)c1ccccn1. The predicted octanol–water partition coefficient (Wildman–Crippen LogP) is 1.12. The van der Waals surface area contributed by atoms with E-state index in [9.17, 15) is 0 Å². The van der Waals surface area contributed by atoms with Crippen LogP contribution >= 0.6 is 0 Å². The lowest BCUT2D eigenvalue weighted by Crippen LogP contribution is -2.18. The molecule has 1 atom stereocenters. The second-order valence-electron chi connectivity index (χ2n) is 4.19. The number of rotatable bonds is 6. The van der Waals surface area contributed by atoms with Crippen LogP contribution in [0.2, 0.25) is 0 Å². The second kappa shape index (κ2) is 6.28. The zero-order valence-corrected chi connectivity index (χ0v) is 10.5. The van der Waals surface area contributed by atoms with Gasteiger partial charge in [-0.3, -0.25) is 9.67 Å². The zero-order chi connectivity index (χ0) is 12.8. The summed E-state index contributed by atoms with van der Waals surface area (Å²) >= 11 is 0. The lowest BCUT2D eigenvalue weighted by Gasteiger charge is -2.11. The van der Waals surface area contributed by atoms with Crippen molar-refractivity contribution in [2.45, 2.75) is 26.1 Å². The highest BCUT2D eigenvalue weighted by Gasteiger charge is 2.06. The minimum absolute atomic E-state index is 0.110. The first kappa shape index (κ1) is 12.7. The van der Waals surface area contributed by atoms with Crippen LogP contribution < -0.4 is 5.32 Å². The molecule has 5 nitrogen and oxygen atoms in total. The average molecular weight is 246 g/mol. The lowest BCUT2D eigenvalue weighted by molar-refractivity contribution is 0.269. The third-order valence-corrected chi connectivity index (χ3v) is 2.76. The molecule has 5 heteroatoms. The molecule has 2 N–H and O–H groups in total. The summed E-state index contributed by atoms with van der Waals surface area (Å²) in [4.78, 5) is 4.31. The van der Waals surface area contributed by atoms with Gasteiger partial charge in [-0.25, -0.2) is 0 Å². The van der Waals surface area contributed by atoms with E-state index in [1.165, 1.54) is 0 Å². The Hall–Kier alpha value is -1.72. The molecule has 0 aliphatic heterocycles. The minimum atomic E-state index is 0.110. The van der Waals surface area contributed by atoms with Crippen molar-refractivity contribution in [3.05, 3.63) is 48.0 Å². The normalized spacial score (nSPS) is 12.6. The van der Waals surface area contributed by atoms with Crippen LogP contribution in [-0.2, 0) is 13.1 Å². The molecule has 0 bridgehead atoms. The Morgan fingerprint density at radius 3 is 3.06 bits per heavy atom. The molecule has 0 aromatic carbocycles. The summed E-state index contributed by atoms with van der Waals surface area (Å²) in [6, 6.07) is 6.11. The summed E-state index contributed by atoms with van der Waals surface area (Å²) in [5, 5.41) is 16.4. The van der Waals surface area contributed by atoms with Crippen molar-refractivity contribution in [1.82, 2.24) is 20.1 Å². The highest BCUT2D eigenvalue weighted by Crippen LogP contribution is 2.09. The monoisotopic (exact) mass is 246 g/mol. The lowest BCUT2D eigenvalue weighted by atomic mass is 10.2. The van der Waals surface area contributed by atoms with E-state index in [0.29, 0.717) is 6.54 Å². The topological polar surface area (TPSA) is 63.0 Å². The standard InChI is InChI=1S/C13H18N4O/c1-11(13-4-2-3-5-14-13)15-8-12-9-16-17(10-12)6-7-18/h2-5,9-11,15,18H,6-8H2,1H3. The first-order chi connectivity index (χ1) is 8.79. The van der Waals surface area contributed by atoms with Crippen molar-refractivity contribution in [1.29, 1.82) is 0 Å². The number of nitrogens with zero attached hydrogens (tertiary/aromatic N) is 3. The van der Waals surface area contributed by atoms with Gasteiger partial charge in [0, 0.05) is 30.5 Å². The number of aliphatic hydroxyl groups excluding tert-OH is 1. The van der Waals surface area contributed by atoms with Crippen molar-refractivity contribution >= 4 is 0 Å². The van der Waals surface area contributed by atoms with Gasteiger partial charge in [-0.15, -0.1) is 0 Å². The average Bonchev–Trinajstić information content (AvgIpc) is 2.85. The van der Waals surface area contributed by atoms with Gasteiger partial charge < -0.3 is 10.4 Å². The molecule has 96 valence electrons.